The minimum atomic E-state index is -4.58. The minimum absolute atomic E-state index is 0.00872. The number of nitrogens with one attached hydrogen (secondary N) is 8. The molecule has 127 heavy (non-hydrogen) atoms. The predicted molar refractivity (Wildman–Crippen MR) is 432 cm³/mol. The maximum Gasteiger partial charge on any atom is 0.416 e. The number of nitrogens with zero attached hydrogens (tertiary/aromatic N) is 11. The Morgan fingerprint density at radius 2 is 0.630 bits per heavy atom. The number of aromatic hydroxyl groups is 2. The lowest BCUT2D eigenvalue weighted by atomic mass is 10.1. The van der Waals surface area contributed by atoms with Gasteiger partial charge in [-0.1, -0.05) is 42.5 Å². The van der Waals surface area contributed by atoms with Crippen LogP contribution in [0.25, 0.3) is 22.7 Å². The second-order valence-electron chi connectivity index (χ2n) is 26.8. The molecule has 0 radical (unpaired) electrons. The van der Waals surface area contributed by atoms with E-state index >= 15 is 0 Å². The Bertz CT molecular complexity index is 6680. The van der Waals surface area contributed by atoms with Crippen molar-refractivity contribution in [1.29, 1.82) is 0 Å². The molecule has 12 rings (SSSR count). The summed E-state index contributed by atoms with van der Waals surface area (Å²) in [4.78, 5) is 131. The Labute approximate surface area is 702 Å². The van der Waals surface area contributed by atoms with Crippen molar-refractivity contribution in [2.24, 2.45) is 20.4 Å². The number of phenolic OH excluding ortho intramolecular Hbond substituents is 2. The molecule has 4 heterocycles. The van der Waals surface area contributed by atoms with Crippen LogP contribution in [-0.2, 0) is 24.7 Å². The van der Waals surface area contributed by atoms with Gasteiger partial charge in [0.05, 0.1) is 105 Å². The fourth-order valence-corrected chi connectivity index (χ4v) is 11.9. The van der Waals surface area contributed by atoms with Crippen LogP contribution in [0.3, 0.4) is 0 Å². The number of nitro benzene ring substituents is 3. The van der Waals surface area contributed by atoms with Gasteiger partial charge in [-0.2, -0.15) is 73.1 Å². The molecule has 0 fully saturated rings. The first kappa shape index (κ1) is 94.2. The number of hydrogen-bond donors (Lipinski definition) is 10. The summed E-state index contributed by atoms with van der Waals surface area (Å²) in [6, 6.07) is 35.5. The average molecular weight is 1780 g/mol. The molecule has 0 spiro atoms. The van der Waals surface area contributed by atoms with Gasteiger partial charge < -0.3 is 10.2 Å². The van der Waals surface area contributed by atoms with E-state index in [0.29, 0.717) is 22.8 Å². The number of aromatic amines is 4. The first-order valence-corrected chi connectivity index (χ1v) is 36.1. The molecule has 8 aromatic carbocycles. The molecule has 0 saturated carbocycles. The van der Waals surface area contributed by atoms with Gasteiger partial charge >= 0.3 is 24.7 Å². The van der Waals surface area contributed by atoms with Crippen LogP contribution in [0, 0.1) is 58.0 Å². The SMILES string of the molecule is CC(=NNC(=O)c1ccc(O)c(O)c1)c1c(C)[nH]n(-c2cccc(C(F)(F)F)c2)c1=O.CC(=NNC(=O)c1ccc([N+](=O)[O-])cc1)c1c(C)[nH]n(-c2cccc(C(F)(F)F)c2)c1=O.CC(=NNC(=O)c1cccc([N+](=O)[O-])c1)c1c(C)[nH]n(-c2cccc(C(F)(F)F)c2)c1=O.CC(=NNC(=O)c1ccccc1[N+](=O)[O-])c1c(C)[nH]n(-c2cccc(C(F)(F)F)c2)c1=O. The second kappa shape index (κ2) is 38.6. The van der Waals surface area contributed by atoms with E-state index in [0.717, 1.165) is 104 Å². The summed E-state index contributed by atoms with van der Waals surface area (Å²) in [6.07, 6.45) is -18.3. The third-order valence-corrected chi connectivity index (χ3v) is 18.0. The number of benzene rings is 8. The summed E-state index contributed by atoms with van der Waals surface area (Å²) in [6.45, 7) is 11.9. The van der Waals surface area contributed by atoms with Crippen molar-refractivity contribution in [3.05, 3.63) is 349 Å². The summed E-state index contributed by atoms with van der Waals surface area (Å²) in [7, 11) is 0. The van der Waals surface area contributed by atoms with Crippen molar-refractivity contribution < 1.29 is 96.8 Å². The fourth-order valence-electron chi connectivity index (χ4n) is 11.9. The number of alkyl halides is 12. The van der Waals surface area contributed by atoms with Crippen molar-refractivity contribution in [2.75, 3.05) is 0 Å². The van der Waals surface area contributed by atoms with Gasteiger partial charge in [0.25, 0.3) is 62.9 Å². The number of nitro groups is 3. The molecule has 0 aliphatic rings. The van der Waals surface area contributed by atoms with Crippen LogP contribution < -0.4 is 43.9 Å². The molecule has 10 N–H and O–H groups in total. The number of phenols is 2. The number of H-pyrrole nitrogens is 4. The van der Waals surface area contributed by atoms with E-state index in [9.17, 15) is 132 Å². The Hall–Kier alpha value is -16.7. The van der Waals surface area contributed by atoms with E-state index in [1.54, 1.807) is 6.92 Å². The van der Waals surface area contributed by atoms with E-state index in [-0.39, 0.29) is 101 Å². The van der Waals surface area contributed by atoms with E-state index in [1.807, 2.05) is 0 Å². The number of aromatic nitrogens is 8. The van der Waals surface area contributed by atoms with Crippen LogP contribution in [0.1, 0.15) is 136 Å². The van der Waals surface area contributed by atoms with E-state index in [2.05, 4.69) is 62.5 Å². The third kappa shape index (κ3) is 22.7. The topological polar surface area (TPSA) is 487 Å². The number of para-hydroxylation sites is 1. The van der Waals surface area contributed by atoms with E-state index < -0.39 is 125 Å². The third-order valence-electron chi connectivity index (χ3n) is 18.0. The van der Waals surface area contributed by atoms with Crippen molar-refractivity contribution in [3.63, 3.8) is 0 Å². The molecular formula is C80H65F12N19O16. The van der Waals surface area contributed by atoms with Gasteiger partial charge in [0.1, 0.15) is 5.56 Å². The maximum atomic E-state index is 13.0. The number of hydrogen-bond acceptors (Lipinski definition) is 20. The molecule has 4 aromatic heterocycles. The van der Waals surface area contributed by atoms with E-state index in [1.165, 1.54) is 152 Å². The van der Waals surface area contributed by atoms with Gasteiger partial charge in [-0.05, 0) is 171 Å². The van der Waals surface area contributed by atoms with Gasteiger partial charge in [-0.3, -0.25) is 89.1 Å². The summed E-state index contributed by atoms with van der Waals surface area (Å²) < 4.78 is 160. The molecule has 660 valence electrons. The van der Waals surface area contributed by atoms with Gasteiger partial charge in [-0.15, -0.1) is 0 Å². The smallest absolute Gasteiger partial charge is 0.416 e. The molecule has 4 amide bonds. The average Bonchev–Trinajstić information content (AvgIpc) is 1.66. The highest BCUT2D eigenvalue weighted by atomic mass is 19.4. The van der Waals surface area contributed by atoms with Crippen molar-refractivity contribution in [1.82, 2.24) is 60.8 Å². The van der Waals surface area contributed by atoms with Crippen molar-refractivity contribution in [3.8, 4) is 34.2 Å². The predicted octanol–water partition coefficient (Wildman–Crippen LogP) is 13.7. The van der Waals surface area contributed by atoms with Gasteiger partial charge in [0.2, 0.25) is 0 Å². The Kier molecular flexibility index (Phi) is 28.6. The zero-order valence-electron chi connectivity index (χ0n) is 66.5. The zero-order valence-corrected chi connectivity index (χ0v) is 66.5. The highest BCUT2D eigenvalue weighted by Crippen LogP contribution is 2.35. The number of carbonyl (C=O) groups is 4. The molecule has 12 aromatic rings. The number of carbonyl (C=O) groups excluding carboxylic acids is 4. The first-order chi connectivity index (χ1) is 59.5. The van der Waals surface area contributed by atoms with Crippen LogP contribution in [0.4, 0.5) is 69.7 Å². The molecule has 35 nitrogen and oxygen atoms in total. The Morgan fingerprint density at radius 3 is 0.937 bits per heavy atom. The summed E-state index contributed by atoms with van der Waals surface area (Å²) in [5.74, 6) is -3.85. The van der Waals surface area contributed by atoms with Gasteiger partial charge in [-0.25, -0.2) is 40.4 Å². The molecule has 0 bridgehead atoms. The molecule has 0 unspecified atom stereocenters. The van der Waals surface area contributed by atoms with Crippen molar-refractivity contribution in [2.45, 2.75) is 80.1 Å². The second-order valence-corrected chi connectivity index (χ2v) is 26.8. The number of amides is 4. The Balaban J connectivity index is 0.000000191. The number of rotatable bonds is 19. The lowest BCUT2D eigenvalue weighted by Crippen LogP contribution is -2.24. The largest absolute Gasteiger partial charge is 0.504 e. The number of hydrazone groups is 4. The summed E-state index contributed by atoms with van der Waals surface area (Å²) >= 11 is 0. The van der Waals surface area contributed by atoms with Gasteiger partial charge in [0, 0.05) is 69.8 Å². The van der Waals surface area contributed by atoms with Crippen molar-refractivity contribution >= 4 is 63.5 Å². The van der Waals surface area contributed by atoms with E-state index in [4.69, 9.17) is 0 Å². The van der Waals surface area contributed by atoms with Crippen LogP contribution >= 0.6 is 0 Å². The van der Waals surface area contributed by atoms with Crippen LogP contribution in [0.2, 0.25) is 0 Å². The molecule has 0 aliphatic heterocycles. The monoisotopic (exact) mass is 1780 g/mol. The van der Waals surface area contributed by atoms with Crippen LogP contribution in [-0.4, -0.2) is 111 Å². The number of non-ortho nitro benzene ring substituents is 2. The number of halogens is 12. The molecular weight excluding hydrogens is 1710 g/mol. The standard InChI is InChI=1S/3C20H16F3N5O4.C20H17F3N4O4/c1-11(24-25-18(29)13-5-3-8-16(9-13)28(31)32)17-12(2)26-27(19(17)30)15-7-4-6-14(10-15)20(21,22)23;1-11(24-25-18(29)15-8-3-4-9-16(15)28(31)32)17-12(2)26-27(19(17)30)14-7-5-6-13(10-14)20(21,22)23;1-11(24-25-18(29)13-6-8-15(9-7-13)28(31)32)17-12(2)26-27(19(17)30)16-5-3-4-14(10-16)20(21,22)23;1-10(24-25-18(30)12-6-7-15(28)16(29)8-12)17-11(2)26-27(19(17)31)14-5-3-4-13(9-14)20(21,22)23/h3*3-10,26H,1-2H3,(H,25,29);3-9,26,28-29H,1-2H3,(H,25,30). The molecule has 0 atom stereocenters. The highest BCUT2D eigenvalue weighted by Gasteiger charge is 2.35. The lowest BCUT2D eigenvalue weighted by molar-refractivity contribution is -0.385. The maximum absolute atomic E-state index is 13.0. The lowest BCUT2D eigenvalue weighted by Gasteiger charge is -2.08. The summed E-state index contributed by atoms with van der Waals surface area (Å²) in [5.41, 5.74) is 3.42. The molecule has 47 heteroatoms. The normalized spacial score (nSPS) is 12.0. The quantitative estimate of drug-likeness (QED) is 0.0118. The Morgan fingerprint density at radius 1 is 0.339 bits per heavy atom. The summed E-state index contributed by atoms with van der Waals surface area (Å²) in [5, 5.41) is 77.6. The van der Waals surface area contributed by atoms with Crippen LogP contribution in [0.5, 0.6) is 11.5 Å². The first-order valence-electron chi connectivity index (χ1n) is 36.1. The van der Waals surface area contributed by atoms with Crippen LogP contribution in [0.15, 0.2) is 228 Å². The fraction of sp³-hybridized carbons (Fsp3) is 0.150. The zero-order chi connectivity index (χ0) is 93.8. The molecule has 0 aliphatic carbocycles. The highest BCUT2D eigenvalue weighted by molar-refractivity contribution is 6.05. The van der Waals surface area contributed by atoms with Gasteiger partial charge in [0.15, 0.2) is 11.5 Å². The number of aryl methyl sites for hydroxylation is 4. The minimum Gasteiger partial charge on any atom is -0.504 e. The molecule has 0 saturated heterocycles.